The number of nitrogens with zero attached hydrogens (tertiary/aromatic N) is 2. The van der Waals surface area contributed by atoms with Crippen LogP contribution in [0.25, 0.3) is 10.9 Å². The number of carbonyl (C=O) groups excluding carboxylic acids is 1. The minimum absolute atomic E-state index is 0.0177. The Morgan fingerprint density at radius 3 is 2.95 bits per heavy atom. The fourth-order valence-corrected chi connectivity index (χ4v) is 2.96. The summed E-state index contributed by atoms with van der Waals surface area (Å²) in [5.74, 6) is -0.279. The van der Waals surface area contributed by atoms with Crippen molar-refractivity contribution in [2.75, 3.05) is 0 Å². The molecule has 0 aliphatic carbocycles. The van der Waals surface area contributed by atoms with Crippen LogP contribution in [0.1, 0.15) is 36.9 Å². The minimum Gasteiger partial charge on any atom is -0.330 e. The van der Waals surface area contributed by atoms with Crippen molar-refractivity contribution in [3.8, 4) is 0 Å². The third-order valence-corrected chi connectivity index (χ3v) is 4.14. The maximum Gasteiger partial charge on any atom is 0.224 e. The van der Waals surface area contributed by atoms with Gasteiger partial charge in [-0.05, 0) is 30.5 Å². The highest BCUT2D eigenvalue weighted by molar-refractivity contribution is 5.85. The standard InChI is InChI=1S/C16H18FN3O/c1-4-10-7-14-12(8-13(10)17)16(19-20(14)3)11-5-6-15(21)18-9(11)2/h7-8,11H,2,4-6H2,1,3H3,(H,18,21). The van der Waals surface area contributed by atoms with E-state index in [4.69, 9.17) is 0 Å². The molecule has 1 aliphatic heterocycles. The van der Waals surface area contributed by atoms with Crippen molar-refractivity contribution < 1.29 is 9.18 Å². The molecule has 1 aliphatic rings. The second kappa shape index (κ2) is 4.98. The molecule has 1 unspecified atom stereocenters. The van der Waals surface area contributed by atoms with Gasteiger partial charge in [0.25, 0.3) is 0 Å². The molecule has 2 heterocycles. The molecule has 5 heteroatoms. The Hall–Kier alpha value is -2.17. The monoisotopic (exact) mass is 287 g/mol. The van der Waals surface area contributed by atoms with Crippen LogP contribution in [0.3, 0.4) is 0 Å². The van der Waals surface area contributed by atoms with E-state index in [-0.39, 0.29) is 17.6 Å². The quantitative estimate of drug-likeness (QED) is 0.923. The number of rotatable bonds is 2. The van der Waals surface area contributed by atoms with Crippen molar-refractivity contribution >= 4 is 16.8 Å². The van der Waals surface area contributed by atoms with Gasteiger partial charge in [-0.1, -0.05) is 13.5 Å². The Kier molecular flexibility index (Phi) is 3.27. The molecular weight excluding hydrogens is 269 g/mol. The maximum atomic E-state index is 14.1. The van der Waals surface area contributed by atoms with Crippen molar-refractivity contribution in [3.05, 3.63) is 41.5 Å². The fraction of sp³-hybridized carbons (Fsp3) is 0.375. The first-order valence-corrected chi connectivity index (χ1v) is 7.15. The topological polar surface area (TPSA) is 46.9 Å². The molecular formula is C16H18FN3O. The van der Waals surface area contributed by atoms with E-state index in [1.165, 1.54) is 0 Å². The van der Waals surface area contributed by atoms with E-state index < -0.39 is 0 Å². The number of hydrogen-bond donors (Lipinski definition) is 1. The van der Waals surface area contributed by atoms with Crippen LogP contribution < -0.4 is 5.32 Å². The molecule has 0 spiro atoms. The zero-order valence-corrected chi connectivity index (χ0v) is 12.2. The normalized spacial score (nSPS) is 19.1. The van der Waals surface area contributed by atoms with Crippen LogP contribution in [-0.2, 0) is 18.3 Å². The lowest BCUT2D eigenvalue weighted by Gasteiger charge is -2.23. The predicted molar refractivity (Wildman–Crippen MR) is 79.3 cm³/mol. The van der Waals surface area contributed by atoms with Gasteiger partial charge in [-0.2, -0.15) is 5.10 Å². The Morgan fingerprint density at radius 1 is 1.52 bits per heavy atom. The number of aromatic nitrogens is 2. The van der Waals surface area contributed by atoms with Gasteiger partial charge in [0.15, 0.2) is 0 Å². The summed E-state index contributed by atoms with van der Waals surface area (Å²) in [5, 5.41) is 8.11. The minimum atomic E-state index is -0.204. The van der Waals surface area contributed by atoms with Crippen LogP contribution in [0.15, 0.2) is 24.4 Å². The third-order valence-electron chi connectivity index (χ3n) is 4.14. The fourth-order valence-electron chi connectivity index (χ4n) is 2.96. The SMILES string of the molecule is C=C1NC(=O)CCC1c1nn(C)c2cc(CC)c(F)cc12. The van der Waals surface area contributed by atoms with Gasteiger partial charge < -0.3 is 5.32 Å². The number of benzene rings is 1. The maximum absolute atomic E-state index is 14.1. The molecule has 1 amide bonds. The van der Waals surface area contributed by atoms with Gasteiger partial charge in [0.1, 0.15) is 5.82 Å². The number of halogens is 1. The zero-order chi connectivity index (χ0) is 15.1. The van der Waals surface area contributed by atoms with Crippen LogP contribution in [0.2, 0.25) is 0 Å². The number of allylic oxidation sites excluding steroid dienone is 1. The first kappa shape index (κ1) is 13.8. The first-order valence-electron chi connectivity index (χ1n) is 7.15. The molecule has 1 fully saturated rings. The molecule has 21 heavy (non-hydrogen) atoms. The molecule has 4 nitrogen and oxygen atoms in total. The van der Waals surface area contributed by atoms with E-state index in [0.717, 1.165) is 16.6 Å². The summed E-state index contributed by atoms with van der Waals surface area (Å²) in [6, 6.07) is 3.41. The molecule has 2 aromatic rings. The highest BCUT2D eigenvalue weighted by Crippen LogP contribution is 2.34. The molecule has 1 N–H and O–H groups in total. The number of hydrogen-bond acceptors (Lipinski definition) is 2. The number of carbonyl (C=O) groups is 1. The largest absolute Gasteiger partial charge is 0.330 e. The molecule has 1 aromatic carbocycles. The van der Waals surface area contributed by atoms with Crippen LogP contribution in [0.4, 0.5) is 4.39 Å². The molecule has 3 rings (SSSR count). The lowest BCUT2D eigenvalue weighted by molar-refractivity contribution is -0.121. The van der Waals surface area contributed by atoms with Crippen molar-refractivity contribution in [1.82, 2.24) is 15.1 Å². The number of amides is 1. The van der Waals surface area contributed by atoms with Gasteiger partial charge in [0.2, 0.25) is 5.91 Å². The molecule has 0 radical (unpaired) electrons. The summed E-state index contributed by atoms with van der Waals surface area (Å²) in [4.78, 5) is 11.4. The Bertz CT molecular complexity index is 748. The molecule has 1 aromatic heterocycles. The average molecular weight is 287 g/mol. The van der Waals surface area contributed by atoms with E-state index in [2.05, 4.69) is 17.0 Å². The van der Waals surface area contributed by atoms with E-state index in [1.54, 1.807) is 10.7 Å². The highest BCUT2D eigenvalue weighted by atomic mass is 19.1. The van der Waals surface area contributed by atoms with Crippen molar-refractivity contribution in [1.29, 1.82) is 0 Å². The van der Waals surface area contributed by atoms with Crippen molar-refractivity contribution in [2.45, 2.75) is 32.1 Å². The van der Waals surface area contributed by atoms with E-state index >= 15 is 0 Å². The van der Waals surface area contributed by atoms with Gasteiger partial charge in [0.05, 0.1) is 11.2 Å². The molecule has 1 atom stereocenters. The predicted octanol–water partition coefficient (Wildman–Crippen LogP) is 2.78. The van der Waals surface area contributed by atoms with Crippen LogP contribution >= 0.6 is 0 Å². The van der Waals surface area contributed by atoms with Crippen molar-refractivity contribution in [3.63, 3.8) is 0 Å². The van der Waals surface area contributed by atoms with Gasteiger partial charge in [-0.25, -0.2) is 4.39 Å². The molecule has 110 valence electrons. The summed E-state index contributed by atoms with van der Waals surface area (Å²) in [5.41, 5.74) is 3.03. The molecule has 0 bridgehead atoms. The Labute approximate surface area is 122 Å². The van der Waals surface area contributed by atoms with Crippen LogP contribution in [0, 0.1) is 5.82 Å². The Morgan fingerprint density at radius 2 is 2.29 bits per heavy atom. The molecule has 1 saturated heterocycles. The second-order valence-electron chi connectivity index (χ2n) is 5.49. The average Bonchev–Trinajstić information content (AvgIpc) is 2.74. The van der Waals surface area contributed by atoms with Crippen LogP contribution in [-0.4, -0.2) is 15.7 Å². The van der Waals surface area contributed by atoms with E-state index in [9.17, 15) is 9.18 Å². The number of aryl methyl sites for hydroxylation is 2. The first-order chi connectivity index (χ1) is 10.0. The third kappa shape index (κ3) is 2.22. The second-order valence-corrected chi connectivity index (χ2v) is 5.49. The highest BCUT2D eigenvalue weighted by Gasteiger charge is 2.27. The summed E-state index contributed by atoms with van der Waals surface area (Å²) >= 11 is 0. The Balaban J connectivity index is 2.13. The number of fused-ring (bicyclic) bond motifs is 1. The van der Waals surface area contributed by atoms with Crippen LogP contribution in [0.5, 0.6) is 0 Å². The summed E-state index contributed by atoms with van der Waals surface area (Å²) in [7, 11) is 1.85. The summed E-state index contributed by atoms with van der Waals surface area (Å²) in [6.45, 7) is 5.85. The number of nitrogens with one attached hydrogen (secondary N) is 1. The van der Waals surface area contributed by atoms with Gasteiger partial charge in [0, 0.05) is 30.5 Å². The summed E-state index contributed by atoms with van der Waals surface area (Å²) in [6.07, 6.45) is 1.75. The zero-order valence-electron chi connectivity index (χ0n) is 12.2. The van der Waals surface area contributed by atoms with E-state index in [1.807, 2.05) is 20.0 Å². The smallest absolute Gasteiger partial charge is 0.224 e. The van der Waals surface area contributed by atoms with Gasteiger partial charge >= 0.3 is 0 Å². The number of piperidine rings is 1. The lowest BCUT2D eigenvalue weighted by Crippen LogP contribution is -2.31. The van der Waals surface area contributed by atoms with Gasteiger partial charge in [-0.15, -0.1) is 0 Å². The molecule has 0 saturated carbocycles. The lowest BCUT2D eigenvalue weighted by atomic mass is 9.90. The van der Waals surface area contributed by atoms with E-state index in [0.29, 0.717) is 30.5 Å². The van der Waals surface area contributed by atoms with Crippen molar-refractivity contribution in [2.24, 2.45) is 7.05 Å². The summed E-state index contributed by atoms with van der Waals surface area (Å²) < 4.78 is 15.9. The van der Waals surface area contributed by atoms with Gasteiger partial charge in [-0.3, -0.25) is 9.48 Å².